The predicted octanol–water partition coefficient (Wildman–Crippen LogP) is 2.82. The van der Waals surface area contributed by atoms with Crippen LogP contribution in [0.25, 0.3) is 10.9 Å². The maximum atomic E-state index is 13.2. The van der Waals surface area contributed by atoms with Crippen molar-refractivity contribution < 1.29 is 22.7 Å². The summed E-state index contributed by atoms with van der Waals surface area (Å²) in [5, 5.41) is 3.97. The van der Waals surface area contributed by atoms with Crippen molar-refractivity contribution in [2.24, 2.45) is 5.92 Å². The Morgan fingerprint density at radius 3 is 2.58 bits per heavy atom. The van der Waals surface area contributed by atoms with E-state index in [9.17, 15) is 13.2 Å². The van der Waals surface area contributed by atoms with Crippen LogP contribution in [0.3, 0.4) is 0 Å². The highest BCUT2D eigenvalue weighted by Crippen LogP contribution is 2.34. The Balaban J connectivity index is 1.94. The summed E-state index contributed by atoms with van der Waals surface area (Å²) in [6.45, 7) is 3.72. The molecule has 2 aromatic carbocycles. The van der Waals surface area contributed by atoms with Gasteiger partial charge in [0, 0.05) is 5.39 Å². The first-order chi connectivity index (χ1) is 15.7. The molecule has 1 aliphatic rings. The Labute approximate surface area is 192 Å². The second-order valence-corrected chi connectivity index (χ2v) is 9.77. The van der Waals surface area contributed by atoms with Crippen molar-refractivity contribution in [3.8, 4) is 5.75 Å². The second-order valence-electron chi connectivity index (χ2n) is 8.03. The molecule has 3 aromatic rings. The van der Waals surface area contributed by atoms with Crippen LogP contribution in [0.15, 0.2) is 47.4 Å². The van der Waals surface area contributed by atoms with E-state index in [1.165, 1.54) is 14.2 Å². The average molecular weight is 471 g/mol. The summed E-state index contributed by atoms with van der Waals surface area (Å²) in [5.41, 5.74) is 1.38. The Morgan fingerprint density at radius 1 is 1.09 bits per heavy atom. The number of esters is 1. The second kappa shape index (κ2) is 8.95. The summed E-state index contributed by atoms with van der Waals surface area (Å²) in [6.07, 6.45) is 0. The van der Waals surface area contributed by atoms with Crippen LogP contribution in [-0.2, 0) is 26.1 Å². The van der Waals surface area contributed by atoms with Crippen molar-refractivity contribution in [2.45, 2.75) is 37.2 Å². The number of aromatic nitrogens is 2. The molecule has 0 fully saturated rings. The number of methoxy groups -OCH3 is 2. The fraction of sp³-hybridized carbons (Fsp3) is 0.348. The fourth-order valence-corrected chi connectivity index (χ4v) is 5.19. The lowest BCUT2D eigenvalue weighted by Crippen LogP contribution is -2.39. The standard InChI is InChI=1S/C23H26N4O5S/c1-13-14(2)21(23(28)32-4)27-22-16-7-5-6-8-17(16)25-20(26-22)12-24-33(29,30)19-11-15(13)9-10-18(19)31-3/h5-11,13-14,21,24H,12H2,1-4H3,(H,25,26,27)/t13?,14?,21-/m0/s1. The smallest absolute Gasteiger partial charge is 0.328 e. The highest BCUT2D eigenvalue weighted by Gasteiger charge is 2.33. The van der Waals surface area contributed by atoms with Gasteiger partial charge in [0.25, 0.3) is 0 Å². The largest absolute Gasteiger partial charge is 0.495 e. The van der Waals surface area contributed by atoms with Gasteiger partial charge in [0.2, 0.25) is 10.0 Å². The Morgan fingerprint density at radius 2 is 1.85 bits per heavy atom. The minimum atomic E-state index is -3.93. The molecular weight excluding hydrogens is 444 g/mol. The van der Waals surface area contributed by atoms with Crippen LogP contribution in [0.1, 0.15) is 31.2 Å². The van der Waals surface area contributed by atoms with Crippen LogP contribution in [0.2, 0.25) is 0 Å². The summed E-state index contributed by atoms with van der Waals surface area (Å²) < 4.78 is 39.3. The van der Waals surface area contributed by atoms with E-state index in [1.807, 2.05) is 44.2 Å². The molecule has 2 unspecified atom stereocenters. The van der Waals surface area contributed by atoms with Gasteiger partial charge in [-0.15, -0.1) is 0 Å². The number of nitrogens with one attached hydrogen (secondary N) is 2. The SMILES string of the molecule is COC(=O)[C@H]1Nc2nc(nc3ccccc23)CNS(=O)(=O)c2cc(ccc2OC)C(C)C1C. The number of carbonyl (C=O) groups is 1. The molecule has 4 bridgehead atoms. The van der Waals surface area contributed by atoms with Crippen molar-refractivity contribution in [1.29, 1.82) is 0 Å². The van der Waals surface area contributed by atoms with Gasteiger partial charge >= 0.3 is 5.97 Å². The molecule has 2 heterocycles. The van der Waals surface area contributed by atoms with Crippen molar-refractivity contribution >= 4 is 32.7 Å². The van der Waals surface area contributed by atoms with Crippen LogP contribution < -0.4 is 14.8 Å². The van der Waals surface area contributed by atoms with E-state index >= 15 is 0 Å². The zero-order valence-electron chi connectivity index (χ0n) is 18.8. The number of nitrogens with zero attached hydrogens (tertiary/aromatic N) is 2. The van der Waals surface area contributed by atoms with E-state index in [0.29, 0.717) is 11.3 Å². The Bertz CT molecular complexity index is 1310. The number of anilines is 1. The molecule has 1 aliphatic heterocycles. The van der Waals surface area contributed by atoms with E-state index in [0.717, 1.165) is 10.9 Å². The maximum Gasteiger partial charge on any atom is 0.328 e. The van der Waals surface area contributed by atoms with Crippen molar-refractivity contribution in [1.82, 2.24) is 14.7 Å². The first kappa shape index (κ1) is 22.9. The summed E-state index contributed by atoms with van der Waals surface area (Å²) in [7, 11) is -1.17. The van der Waals surface area contributed by atoms with Gasteiger partial charge < -0.3 is 14.8 Å². The predicted molar refractivity (Wildman–Crippen MR) is 124 cm³/mol. The van der Waals surface area contributed by atoms with Crippen LogP contribution in [0.5, 0.6) is 5.75 Å². The minimum absolute atomic E-state index is 0.0180. The first-order valence-corrected chi connectivity index (χ1v) is 12.0. The maximum absolute atomic E-state index is 13.2. The molecule has 4 rings (SSSR count). The lowest BCUT2D eigenvalue weighted by molar-refractivity contribution is -0.142. The lowest BCUT2D eigenvalue weighted by atomic mass is 9.83. The zero-order chi connectivity index (χ0) is 23.8. The van der Waals surface area contributed by atoms with Crippen LogP contribution in [0.4, 0.5) is 5.82 Å². The number of para-hydroxylation sites is 1. The molecule has 174 valence electrons. The third-order valence-corrected chi connectivity index (χ3v) is 7.56. The van der Waals surface area contributed by atoms with Gasteiger partial charge in [-0.1, -0.05) is 32.0 Å². The average Bonchev–Trinajstić information content (AvgIpc) is 2.83. The molecule has 0 aliphatic carbocycles. The minimum Gasteiger partial charge on any atom is -0.495 e. The monoisotopic (exact) mass is 470 g/mol. The fourth-order valence-electron chi connectivity index (χ4n) is 4.01. The van der Waals surface area contributed by atoms with Gasteiger partial charge in [0.15, 0.2) is 0 Å². The molecule has 0 radical (unpaired) electrons. The van der Waals surface area contributed by atoms with Gasteiger partial charge in [-0.05, 0) is 41.7 Å². The Kier molecular flexibility index (Phi) is 6.22. The lowest BCUT2D eigenvalue weighted by Gasteiger charge is -2.29. The number of hydrogen-bond acceptors (Lipinski definition) is 8. The Hall–Kier alpha value is -3.24. The van der Waals surface area contributed by atoms with Gasteiger partial charge in [-0.25, -0.2) is 27.9 Å². The number of ether oxygens (including phenoxy) is 2. The molecule has 0 saturated carbocycles. The quantitative estimate of drug-likeness (QED) is 0.549. The highest BCUT2D eigenvalue weighted by molar-refractivity contribution is 7.89. The van der Waals surface area contributed by atoms with E-state index < -0.39 is 22.0 Å². The van der Waals surface area contributed by atoms with E-state index in [1.54, 1.807) is 12.1 Å². The molecule has 0 saturated heterocycles. The third kappa shape index (κ3) is 4.36. The third-order valence-electron chi connectivity index (χ3n) is 6.13. The number of sulfonamides is 1. The number of fused-ring (bicyclic) bond motifs is 6. The van der Waals surface area contributed by atoms with Crippen LogP contribution in [0, 0.1) is 5.92 Å². The van der Waals surface area contributed by atoms with Crippen LogP contribution >= 0.6 is 0 Å². The number of carbonyl (C=O) groups excluding carboxylic acids is 1. The van der Waals surface area contributed by atoms with Gasteiger partial charge in [0.05, 0.1) is 26.3 Å². The highest BCUT2D eigenvalue weighted by atomic mass is 32.2. The summed E-state index contributed by atoms with van der Waals surface area (Å²) in [5.74, 6) is 0.0185. The molecule has 0 amide bonds. The molecule has 9 nitrogen and oxygen atoms in total. The van der Waals surface area contributed by atoms with E-state index in [-0.39, 0.29) is 34.8 Å². The molecule has 3 atom stereocenters. The first-order valence-electron chi connectivity index (χ1n) is 10.5. The molecule has 10 heteroatoms. The van der Waals surface area contributed by atoms with E-state index in [2.05, 4.69) is 20.0 Å². The normalized spacial score (nSPS) is 22.2. The van der Waals surface area contributed by atoms with Crippen molar-refractivity contribution in [2.75, 3.05) is 19.5 Å². The summed E-state index contributed by atoms with van der Waals surface area (Å²) in [4.78, 5) is 21.9. The summed E-state index contributed by atoms with van der Waals surface area (Å²) in [6, 6.07) is 11.6. The van der Waals surface area contributed by atoms with Gasteiger partial charge in [-0.2, -0.15) is 0 Å². The van der Waals surface area contributed by atoms with Gasteiger partial charge in [0.1, 0.15) is 28.3 Å². The van der Waals surface area contributed by atoms with Crippen molar-refractivity contribution in [3.05, 3.63) is 53.9 Å². The molecular formula is C23H26N4O5S. The number of hydrogen-bond donors (Lipinski definition) is 2. The molecule has 33 heavy (non-hydrogen) atoms. The topological polar surface area (TPSA) is 120 Å². The molecule has 0 spiro atoms. The zero-order valence-corrected chi connectivity index (χ0v) is 19.6. The number of rotatable bonds is 2. The van der Waals surface area contributed by atoms with E-state index in [4.69, 9.17) is 9.47 Å². The summed E-state index contributed by atoms with van der Waals surface area (Å²) >= 11 is 0. The number of benzene rings is 2. The molecule has 1 aromatic heterocycles. The van der Waals surface area contributed by atoms with Crippen LogP contribution in [-0.4, -0.2) is 44.6 Å². The molecule has 2 N–H and O–H groups in total. The van der Waals surface area contributed by atoms with Gasteiger partial charge in [-0.3, -0.25) is 0 Å². The van der Waals surface area contributed by atoms with Crippen molar-refractivity contribution in [3.63, 3.8) is 0 Å².